The van der Waals surface area contributed by atoms with E-state index < -0.39 is 10.2 Å². The summed E-state index contributed by atoms with van der Waals surface area (Å²) >= 11 is 4.58. The summed E-state index contributed by atoms with van der Waals surface area (Å²) in [6.45, 7) is 0.246. The van der Waals surface area contributed by atoms with E-state index in [0.29, 0.717) is 11.4 Å². The maximum Gasteiger partial charge on any atom is 0.278 e. The number of nitrogens with two attached hydrogens (primary N) is 1. The first kappa shape index (κ1) is 11.8. The average molecular weight is 211 g/mol. The van der Waals surface area contributed by atoms with E-state index in [-0.39, 0.29) is 6.54 Å². The molecule has 0 saturated carbocycles. The minimum absolute atomic E-state index is 0.246. The SMILES string of the molecule is CN(C)S(=O)(=O)NCCC(N)=S. The van der Waals surface area contributed by atoms with Crippen molar-refractivity contribution in [1.82, 2.24) is 9.03 Å². The summed E-state index contributed by atoms with van der Waals surface area (Å²) < 4.78 is 25.5. The van der Waals surface area contributed by atoms with Gasteiger partial charge in [0.25, 0.3) is 10.2 Å². The van der Waals surface area contributed by atoms with Crippen LogP contribution in [0.2, 0.25) is 0 Å². The molecule has 0 aliphatic carbocycles. The predicted molar refractivity (Wildman–Crippen MR) is 52.0 cm³/mol. The first-order valence-corrected chi connectivity index (χ1v) is 5.16. The standard InChI is InChI=1S/C5H13N3O2S2/c1-8(2)12(9,10)7-4-3-5(6)11/h7H,3-4H2,1-2H3,(H2,6,11). The maximum atomic E-state index is 11.0. The van der Waals surface area contributed by atoms with E-state index in [2.05, 4.69) is 16.9 Å². The van der Waals surface area contributed by atoms with Crippen molar-refractivity contribution < 1.29 is 8.42 Å². The number of rotatable bonds is 5. The number of hydrogen-bond acceptors (Lipinski definition) is 3. The summed E-state index contributed by atoms with van der Waals surface area (Å²) in [5, 5.41) is 0. The Hall–Kier alpha value is -0.240. The Kier molecular flexibility index (Phi) is 4.61. The van der Waals surface area contributed by atoms with Gasteiger partial charge in [0.1, 0.15) is 0 Å². The molecule has 7 heteroatoms. The van der Waals surface area contributed by atoms with Gasteiger partial charge in [-0.3, -0.25) is 0 Å². The van der Waals surface area contributed by atoms with Gasteiger partial charge in [0, 0.05) is 27.1 Å². The highest BCUT2D eigenvalue weighted by atomic mass is 32.2. The highest BCUT2D eigenvalue weighted by molar-refractivity contribution is 7.87. The Labute approximate surface area is 78.1 Å². The Bertz CT molecular complexity index is 247. The van der Waals surface area contributed by atoms with E-state index in [0.717, 1.165) is 4.31 Å². The summed E-state index contributed by atoms with van der Waals surface area (Å²) in [4.78, 5) is 0.302. The molecule has 0 heterocycles. The molecule has 0 bridgehead atoms. The van der Waals surface area contributed by atoms with Gasteiger partial charge >= 0.3 is 0 Å². The Balaban J connectivity index is 3.86. The molecule has 5 nitrogen and oxygen atoms in total. The normalized spacial score (nSPS) is 11.9. The smallest absolute Gasteiger partial charge is 0.278 e. The van der Waals surface area contributed by atoms with Crippen molar-refractivity contribution in [3.05, 3.63) is 0 Å². The molecule has 0 aromatic carbocycles. The first-order valence-electron chi connectivity index (χ1n) is 3.31. The molecular formula is C5H13N3O2S2. The third kappa shape index (κ3) is 4.60. The largest absolute Gasteiger partial charge is 0.393 e. The van der Waals surface area contributed by atoms with Crippen LogP contribution in [0.4, 0.5) is 0 Å². The molecule has 12 heavy (non-hydrogen) atoms. The average Bonchev–Trinajstić information content (AvgIpc) is 1.85. The zero-order valence-corrected chi connectivity index (χ0v) is 8.70. The van der Waals surface area contributed by atoms with Crippen molar-refractivity contribution in [1.29, 1.82) is 0 Å². The fraction of sp³-hybridized carbons (Fsp3) is 0.800. The van der Waals surface area contributed by atoms with Crippen LogP contribution >= 0.6 is 12.2 Å². The predicted octanol–water partition coefficient (Wildman–Crippen LogP) is -0.941. The van der Waals surface area contributed by atoms with Crippen molar-refractivity contribution in [2.45, 2.75) is 6.42 Å². The minimum atomic E-state index is -3.33. The monoisotopic (exact) mass is 211 g/mol. The summed E-state index contributed by atoms with van der Waals surface area (Å²) in [6, 6.07) is 0. The lowest BCUT2D eigenvalue weighted by molar-refractivity contribution is 0.507. The van der Waals surface area contributed by atoms with Crippen LogP contribution in [-0.2, 0) is 10.2 Å². The highest BCUT2D eigenvalue weighted by Gasteiger charge is 2.11. The summed E-state index contributed by atoms with van der Waals surface area (Å²) in [5.41, 5.74) is 5.18. The highest BCUT2D eigenvalue weighted by Crippen LogP contribution is 1.88. The Morgan fingerprint density at radius 1 is 1.58 bits per heavy atom. The summed E-state index contributed by atoms with van der Waals surface area (Å²) in [6.07, 6.45) is 0.377. The van der Waals surface area contributed by atoms with E-state index in [4.69, 9.17) is 5.73 Å². The van der Waals surface area contributed by atoms with Gasteiger partial charge < -0.3 is 5.73 Å². The number of nitrogens with zero attached hydrogens (tertiary/aromatic N) is 1. The van der Waals surface area contributed by atoms with Gasteiger partial charge in [-0.05, 0) is 0 Å². The molecule has 3 N–H and O–H groups in total. The number of hydrogen-bond donors (Lipinski definition) is 2. The van der Waals surface area contributed by atoms with Crippen molar-refractivity contribution >= 4 is 27.4 Å². The zero-order chi connectivity index (χ0) is 9.78. The summed E-state index contributed by atoms with van der Waals surface area (Å²) in [5.74, 6) is 0. The molecule has 0 aromatic rings. The van der Waals surface area contributed by atoms with Crippen molar-refractivity contribution in [3.8, 4) is 0 Å². The van der Waals surface area contributed by atoms with Gasteiger partial charge in [-0.15, -0.1) is 0 Å². The second-order valence-corrected chi connectivity index (χ2v) is 4.89. The molecule has 0 rings (SSSR count). The van der Waals surface area contributed by atoms with E-state index in [1.165, 1.54) is 14.1 Å². The molecule has 0 fully saturated rings. The van der Waals surface area contributed by atoms with Crippen LogP contribution in [0, 0.1) is 0 Å². The fourth-order valence-corrected chi connectivity index (χ4v) is 1.15. The topological polar surface area (TPSA) is 75.4 Å². The quantitative estimate of drug-likeness (QED) is 0.575. The molecule has 0 atom stereocenters. The molecule has 0 aromatic heterocycles. The molecule has 0 spiro atoms. The molecular weight excluding hydrogens is 198 g/mol. The van der Waals surface area contributed by atoms with E-state index in [1.807, 2.05) is 0 Å². The molecule has 0 aliphatic rings. The van der Waals surface area contributed by atoms with E-state index >= 15 is 0 Å². The van der Waals surface area contributed by atoms with Crippen molar-refractivity contribution in [3.63, 3.8) is 0 Å². The van der Waals surface area contributed by atoms with E-state index in [9.17, 15) is 8.42 Å². The lowest BCUT2D eigenvalue weighted by atomic mass is 10.4. The van der Waals surface area contributed by atoms with Gasteiger partial charge in [-0.2, -0.15) is 12.7 Å². The maximum absolute atomic E-state index is 11.0. The second-order valence-electron chi connectivity index (χ2n) is 2.40. The van der Waals surface area contributed by atoms with E-state index in [1.54, 1.807) is 0 Å². The third-order valence-corrected chi connectivity index (χ3v) is 2.87. The summed E-state index contributed by atoms with van der Waals surface area (Å²) in [7, 11) is -0.431. The Morgan fingerprint density at radius 3 is 2.42 bits per heavy atom. The van der Waals surface area contributed by atoms with Crippen LogP contribution < -0.4 is 10.5 Å². The molecule has 0 saturated heterocycles. The van der Waals surface area contributed by atoms with Crippen LogP contribution in [0.15, 0.2) is 0 Å². The third-order valence-electron chi connectivity index (χ3n) is 1.14. The number of thiocarbonyl (C=S) groups is 1. The first-order chi connectivity index (χ1) is 5.36. The fourth-order valence-electron chi connectivity index (χ4n) is 0.432. The van der Waals surface area contributed by atoms with Gasteiger partial charge in [0.2, 0.25) is 0 Å². The molecule has 0 amide bonds. The molecule has 0 radical (unpaired) electrons. The molecule has 0 unspecified atom stereocenters. The van der Waals surface area contributed by atoms with Crippen LogP contribution in [0.25, 0.3) is 0 Å². The number of nitrogens with one attached hydrogen (secondary N) is 1. The molecule has 72 valence electrons. The van der Waals surface area contributed by atoms with Crippen LogP contribution in [0.5, 0.6) is 0 Å². The molecule has 0 aliphatic heterocycles. The minimum Gasteiger partial charge on any atom is -0.393 e. The van der Waals surface area contributed by atoms with Gasteiger partial charge in [-0.1, -0.05) is 12.2 Å². The second kappa shape index (κ2) is 4.70. The van der Waals surface area contributed by atoms with Gasteiger partial charge in [-0.25, -0.2) is 4.72 Å². The van der Waals surface area contributed by atoms with Crippen LogP contribution in [-0.4, -0.2) is 38.4 Å². The zero-order valence-electron chi connectivity index (χ0n) is 7.07. The van der Waals surface area contributed by atoms with Crippen LogP contribution in [0.3, 0.4) is 0 Å². The van der Waals surface area contributed by atoms with Crippen molar-refractivity contribution in [2.75, 3.05) is 20.6 Å². The van der Waals surface area contributed by atoms with Gasteiger partial charge in [0.05, 0.1) is 4.99 Å². The Morgan fingerprint density at radius 2 is 2.08 bits per heavy atom. The van der Waals surface area contributed by atoms with Crippen LogP contribution in [0.1, 0.15) is 6.42 Å². The van der Waals surface area contributed by atoms with Crippen molar-refractivity contribution in [2.24, 2.45) is 5.73 Å². The lowest BCUT2D eigenvalue weighted by Crippen LogP contribution is -2.37. The lowest BCUT2D eigenvalue weighted by Gasteiger charge is -2.11. The van der Waals surface area contributed by atoms with Gasteiger partial charge in [0.15, 0.2) is 0 Å².